The van der Waals surface area contributed by atoms with Gasteiger partial charge in [0.1, 0.15) is 5.75 Å². The Balaban J connectivity index is 2.07. The zero-order valence-electron chi connectivity index (χ0n) is 11.4. The molecule has 0 heterocycles. The lowest BCUT2D eigenvalue weighted by atomic mass is 9.88. The summed E-state index contributed by atoms with van der Waals surface area (Å²) in [5.41, 5.74) is -0.0753. The molecule has 1 fully saturated rings. The number of hydrogen-bond acceptors (Lipinski definition) is 5. The van der Waals surface area contributed by atoms with Crippen LogP contribution in [-0.2, 0) is 0 Å². The molecule has 0 unspecified atom stereocenters. The maximum atomic E-state index is 11.1. The van der Waals surface area contributed by atoms with Gasteiger partial charge in [0.05, 0.1) is 24.2 Å². The first-order valence-corrected chi connectivity index (χ1v) is 6.74. The highest BCUT2D eigenvalue weighted by atomic mass is 16.6. The van der Waals surface area contributed by atoms with Crippen LogP contribution in [0.25, 0.3) is 0 Å². The molecule has 1 aromatic rings. The summed E-state index contributed by atoms with van der Waals surface area (Å²) in [5.74, 6) is 1.05. The molecule has 2 rings (SSSR count). The number of hydrogen-bond donors (Lipinski definition) is 1. The fraction of sp³-hybridized carbons (Fsp3) is 0.571. The Morgan fingerprint density at radius 2 is 2.05 bits per heavy atom. The molecule has 110 valence electrons. The minimum Gasteiger partial charge on any atom is -0.496 e. The first-order valence-electron chi connectivity index (χ1n) is 6.74. The first-order chi connectivity index (χ1) is 9.63. The third-order valence-electron chi connectivity index (χ3n) is 3.71. The van der Waals surface area contributed by atoms with Crippen molar-refractivity contribution in [3.05, 3.63) is 28.3 Å². The molecule has 0 amide bonds. The molecule has 1 aliphatic carbocycles. The average Bonchev–Trinajstić information content (AvgIpc) is 2.48. The molecule has 1 aromatic carbocycles. The van der Waals surface area contributed by atoms with Gasteiger partial charge in [0.25, 0.3) is 0 Å². The van der Waals surface area contributed by atoms with Crippen molar-refractivity contribution in [3.8, 4) is 11.5 Å². The largest absolute Gasteiger partial charge is 0.496 e. The number of nitro benzene ring substituents is 1. The van der Waals surface area contributed by atoms with E-state index in [1.54, 1.807) is 12.1 Å². The second-order valence-corrected chi connectivity index (χ2v) is 5.03. The van der Waals surface area contributed by atoms with Gasteiger partial charge in [0.15, 0.2) is 5.75 Å². The number of ether oxygens (including phenoxy) is 2. The van der Waals surface area contributed by atoms with Crippen LogP contribution in [0.4, 0.5) is 5.69 Å². The highest BCUT2D eigenvalue weighted by Gasteiger charge is 2.25. The molecule has 0 spiro atoms. The highest BCUT2D eigenvalue weighted by Crippen LogP contribution is 2.34. The minimum atomic E-state index is -0.461. The molecule has 1 N–H and O–H groups in total. The molecule has 0 aromatic heterocycles. The molecule has 0 radical (unpaired) electrons. The van der Waals surface area contributed by atoms with Gasteiger partial charge < -0.3 is 14.6 Å². The zero-order chi connectivity index (χ0) is 14.5. The second-order valence-electron chi connectivity index (χ2n) is 5.03. The van der Waals surface area contributed by atoms with Crippen molar-refractivity contribution in [2.24, 2.45) is 5.92 Å². The van der Waals surface area contributed by atoms with Gasteiger partial charge in [-0.25, -0.2) is 0 Å². The van der Waals surface area contributed by atoms with Crippen LogP contribution in [0.5, 0.6) is 11.5 Å². The molecule has 6 heteroatoms. The highest BCUT2D eigenvalue weighted by molar-refractivity contribution is 5.51. The van der Waals surface area contributed by atoms with Crippen molar-refractivity contribution in [2.45, 2.75) is 31.8 Å². The van der Waals surface area contributed by atoms with E-state index >= 15 is 0 Å². The van der Waals surface area contributed by atoms with E-state index in [4.69, 9.17) is 14.6 Å². The topological polar surface area (TPSA) is 81.8 Å². The molecule has 20 heavy (non-hydrogen) atoms. The van der Waals surface area contributed by atoms with E-state index in [0.29, 0.717) is 11.7 Å². The maximum Gasteiger partial charge on any atom is 0.314 e. The zero-order valence-corrected chi connectivity index (χ0v) is 11.4. The quantitative estimate of drug-likeness (QED) is 0.662. The van der Waals surface area contributed by atoms with E-state index in [0.717, 1.165) is 25.7 Å². The van der Waals surface area contributed by atoms with Crippen LogP contribution in [0.2, 0.25) is 0 Å². The molecule has 0 atom stereocenters. The van der Waals surface area contributed by atoms with Crippen LogP contribution < -0.4 is 9.47 Å². The number of nitrogens with zero attached hydrogens (tertiary/aromatic N) is 1. The summed E-state index contributed by atoms with van der Waals surface area (Å²) in [6.45, 7) is 0.204. The summed E-state index contributed by atoms with van der Waals surface area (Å²) in [6.07, 6.45) is 3.39. The van der Waals surface area contributed by atoms with Gasteiger partial charge in [-0.1, -0.05) is 0 Å². The van der Waals surface area contributed by atoms with E-state index in [-0.39, 0.29) is 24.1 Å². The van der Waals surface area contributed by atoms with Gasteiger partial charge in [-0.05, 0) is 43.7 Å². The summed E-state index contributed by atoms with van der Waals surface area (Å²) < 4.78 is 10.8. The third-order valence-corrected chi connectivity index (χ3v) is 3.71. The van der Waals surface area contributed by atoms with E-state index in [9.17, 15) is 10.1 Å². The fourth-order valence-corrected chi connectivity index (χ4v) is 2.48. The second kappa shape index (κ2) is 6.56. The van der Waals surface area contributed by atoms with E-state index in [2.05, 4.69) is 0 Å². The van der Waals surface area contributed by atoms with E-state index in [1.165, 1.54) is 13.2 Å². The molecule has 6 nitrogen and oxygen atoms in total. The van der Waals surface area contributed by atoms with Crippen molar-refractivity contribution in [3.63, 3.8) is 0 Å². The average molecular weight is 281 g/mol. The molecule has 0 aliphatic heterocycles. The van der Waals surface area contributed by atoms with Gasteiger partial charge in [-0.2, -0.15) is 0 Å². The predicted octanol–water partition coefficient (Wildman–Crippen LogP) is 2.53. The van der Waals surface area contributed by atoms with Crippen molar-refractivity contribution in [2.75, 3.05) is 13.7 Å². The lowest BCUT2D eigenvalue weighted by Crippen LogP contribution is -2.25. The van der Waals surface area contributed by atoms with Crippen LogP contribution in [0, 0.1) is 16.0 Å². The molecule has 0 bridgehead atoms. The number of aliphatic hydroxyl groups is 1. The fourth-order valence-electron chi connectivity index (χ4n) is 2.48. The Morgan fingerprint density at radius 1 is 1.35 bits per heavy atom. The van der Waals surface area contributed by atoms with Crippen LogP contribution in [-0.4, -0.2) is 29.9 Å². The lowest BCUT2D eigenvalue weighted by Gasteiger charge is -2.27. The van der Waals surface area contributed by atoms with Gasteiger partial charge in [0.2, 0.25) is 0 Å². The molecule has 1 saturated carbocycles. The first kappa shape index (κ1) is 14.6. The number of nitro groups is 1. The predicted molar refractivity (Wildman–Crippen MR) is 73.1 cm³/mol. The van der Waals surface area contributed by atoms with Crippen LogP contribution in [0.15, 0.2) is 18.2 Å². The number of benzene rings is 1. The van der Waals surface area contributed by atoms with Crippen molar-refractivity contribution in [1.29, 1.82) is 0 Å². The van der Waals surface area contributed by atoms with Crippen LogP contribution in [0.3, 0.4) is 0 Å². The Hall–Kier alpha value is -1.82. The number of rotatable bonds is 5. The van der Waals surface area contributed by atoms with Crippen LogP contribution >= 0.6 is 0 Å². The molecular weight excluding hydrogens is 262 g/mol. The van der Waals surface area contributed by atoms with Gasteiger partial charge >= 0.3 is 5.69 Å². The summed E-state index contributed by atoms with van der Waals surface area (Å²) in [5, 5.41) is 20.2. The third kappa shape index (κ3) is 3.39. The maximum absolute atomic E-state index is 11.1. The van der Waals surface area contributed by atoms with Crippen molar-refractivity contribution >= 4 is 5.69 Å². The summed E-state index contributed by atoms with van der Waals surface area (Å²) in [6, 6.07) is 4.60. The van der Waals surface area contributed by atoms with Crippen molar-refractivity contribution < 1.29 is 19.5 Å². The van der Waals surface area contributed by atoms with Crippen LogP contribution in [0.1, 0.15) is 25.7 Å². The number of aliphatic hydroxyl groups excluding tert-OH is 1. The Morgan fingerprint density at radius 3 is 2.60 bits per heavy atom. The molecular formula is C14H19NO5. The molecule has 1 aliphatic rings. The van der Waals surface area contributed by atoms with E-state index < -0.39 is 4.92 Å². The normalized spacial score (nSPS) is 22.3. The van der Waals surface area contributed by atoms with Gasteiger partial charge in [-0.3, -0.25) is 10.1 Å². The van der Waals surface area contributed by atoms with Gasteiger partial charge in [0, 0.05) is 6.61 Å². The lowest BCUT2D eigenvalue weighted by molar-refractivity contribution is -0.386. The van der Waals surface area contributed by atoms with Gasteiger partial charge in [-0.15, -0.1) is 0 Å². The SMILES string of the molecule is COc1ccc(OC2CCC(CO)CC2)c([N+](=O)[O-])c1. The van der Waals surface area contributed by atoms with E-state index in [1.807, 2.05) is 0 Å². The Bertz CT molecular complexity index is 469. The smallest absolute Gasteiger partial charge is 0.314 e. The number of methoxy groups -OCH3 is 1. The minimum absolute atomic E-state index is 0.0232. The Kier molecular flexibility index (Phi) is 4.79. The summed E-state index contributed by atoms with van der Waals surface area (Å²) in [4.78, 5) is 10.6. The Labute approximate surface area is 117 Å². The monoisotopic (exact) mass is 281 g/mol. The summed E-state index contributed by atoms with van der Waals surface area (Å²) >= 11 is 0. The standard InChI is InChI=1S/C14H19NO5/c1-19-12-6-7-14(13(8-12)15(17)18)20-11-4-2-10(9-16)3-5-11/h6-8,10-11,16H,2-5,9H2,1H3. The summed E-state index contributed by atoms with van der Waals surface area (Å²) in [7, 11) is 1.47. The molecule has 0 saturated heterocycles. The van der Waals surface area contributed by atoms with Crippen molar-refractivity contribution in [1.82, 2.24) is 0 Å².